The van der Waals surface area contributed by atoms with E-state index in [9.17, 15) is 8.78 Å². The van der Waals surface area contributed by atoms with Crippen molar-refractivity contribution in [3.63, 3.8) is 0 Å². The molecule has 0 saturated carbocycles. The highest BCUT2D eigenvalue weighted by Crippen LogP contribution is 1.95. The second kappa shape index (κ2) is 3.78. The molecule has 1 unspecified atom stereocenters. The first-order valence-corrected chi connectivity index (χ1v) is 2.65. The van der Waals surface area contributed by atoms with Gasteiger partial charge in [-0.15, -0.1) is 0 Å². The van der Waals surface area contributed by atoms with Gasteiger partial charge in [0.25, 0.3) is 0 Å². The van der Waals surface area contributed by atoms with Crippen molar-refractivity contribution in [1.29, 1.82) is 0 Å². The maximum Gasteiger partial charge on any atom is 0.307 e. The number of nitrogens with zero attached hydrogens (tertiary/aromatic N) is 1. The Kier molecular flexibility index (Phi) is 3.69. The Morgan fingerprint density at radius 1 is 1.50 bits per heavy atom. The first-order valence-electron chi connectivity index (χ1n) is 2.65. The maximum atomic E-state index is 11.3. The van der Waals surface area contributed by atoms with Gasteiger partial charge >= 0.3 is 6.55 Å². The number of halogens is 2. The normalized spacial score (nSPS) is 14.6. The second-order valence-corrected chi connectivity index (χ2v) is 1.68. The zero-order valence-corrected chi connectivity index (χ0v) is 5.06. The van der Waals surface area contributed by atoms with Crippen molar-refractivity contribution in [2.45, 2.75) is 32.9 Å². The van der Waals surface area contributed by atoms with Crippen molar-refractivity contribution >= 4 is 0 Å². The highest BCUT2D eigenvalue weighted by atomic mass is 19.3. The molecule has 49 valence electrons. The molecule has 0 aromatic heterocycles. The summed E-state index contributed by atoms with van der Waals surface area (Å²) in [5.74, 6) is 0. The van der Waals surface area contributed by atoms with Crippen LogP contribution in [0.2, 0.25) is 0 Å². The Hall–Kier alpha value is -0.180. The van der Waals surface area contributed by atoms with E-state index in [0.717, 1.165) is 0 Å². The summed E-state index contributed by atoms with van der Waals surface area (Å²) in [5.41, 5.74) is 0. The van der Waals surface area contributed by atoms with Crippen LogP contribution in [0.1, 0.15) is 20.3 Å². The molecule has 0 aromatic rings. The third-order valence-corrected chi connectivity index (χ3v) is 0.958. The lowest BCUT2D eigenvalue weighted by atomic mass is 10.3. The Labute approximate surface area is 48.1 Å². The third kappa shape index (κ3) is 3.99. The SMILES string of the molecule is CCC(C)[N]C(F)F. The molecule has 0 saturated heterocycles. The summed E-state index contributed by atoms with van der Waals surface area (Å²) in [6.07, 6.45) is 0.685. The zero-order chi connectivity index (χ0) is 6.57. The lowest BCUT2D eigenvalue weighted by Gasteiger charge is -2.05. The lowest BCUT2D eigenvalue weighted by Crippen LogP contribution is -2.21. The topological polar surface area (TPSA) is 14.1 Å². The van der Waals surface area contributed by atoms with Crippen LogP contribution < -0.4 is 5.32 Å². The van der Waals surface area contributed by atoms with Crippen LogP contribution in [0.25, 0.3) is 0 Å². The first kappa shape index (κ1) is 7.82. The molecule has 0 heterocycles. The number of hydrogen-bond donors (Lipinski definition) is 0. The van der Waals surface area contributed by atoms with E-state index in [2.05, 4.69) is 5.32 Å². The van der Waals surface area contributed by atoms with E-state index >= 15 is 0 Å². The molecule has 0 N–H and O–H groups in total. The Morgan fingerprint density at radius 3 is 2.12 bits per heavy atom. The quantitative estimate of drug-likeness (QED) is 0.505. The van der Waals surface area contributed by atoms with Crippen molar-refractivity contribution in [3.8, 4) is 0 Å². The average molecular weight is 122 g/mol. The van der Waals surface area contributed by atoms with Crippen LogP contribution in [-0.2, 0) is 0 Å². The van der Waals surface area contributed by atoms with Crippen LogP contribution in [-0.4, -0.2) is 12.6 Å². The summed E-state index contributed by atoms with van der Waals surface area (Å²) in [7, 11) is 0. The zero-order valence-electron chi connectivity index (χ0n) is 5.06. The van der Waals surface area contributed by atoms with E-state index in [1.165, 1.54) is 0 Å². The smallest absolute Gasteiger partial charge is 0.190 e. The minimum Gasteiger partial charge on any atom is -0.190 e. The van der Waals surface area contributed by atoms with Crippen LogP contribution in [0.4, 0.5) is 8.78 Å². The molecule has 0 aliphatic rings. The molecule has 0 aliphatic carbocycles. The first-order chi connectivity index (χ1) is 3.66. The van der Waals surface area contributed by atoms with Crippen molar-refractivity contribution < 1.29 is 8.78 Å². The van der Waals surface area contributed by atoms with Crippen molar-refractivity contribution in [2.24, 2.45) is 0 Å². The summed E-state index contributed by atoms with van der Waals surface area (Å²) < 4.78 is 22.6. The predicted octanol–water partition coefficient (Wildman–Crippen LogP) is 1.61. The van der Waals surface area contributed by atoms with E-state index in [1.807, 2.05) is 6.92 Å². The van der Waals surface area contributed by atoms with Gasteiger partial charge in [-0.05, 0) is 13.3 Å². The fraction of sp³-hybridized carbons (Fsp3) is 1.00. The molecule has 0 bridgehead atoms. The molecule has 0 amide bonds. The van der Waals surface area contributed by atoms with Gasteiger partial charge in [-0.25, -0.2) is 0 Å². The van der Waals surface area contributed by atoms with Gasteiger partial charge in [0.15, 0.2) is 0 Å². The Bertz CT molecular complexity index is 56.4. The summed E-state index contributed by atoms with van der Waals surface area (Å²) in [5, 5.41) is 3.06. The molecule has 0 spiro atoms. The summed E-state index contributed by atoms with van der Waals surface area (Å²) in [6.45, 7) is 1.01. The van der Waals surface area contributed by atoms with Crippen LogP contribution >= 0.6 is 0 Å². The number of rotatable bonds is 3. The molecule has 0 aliphatic heterocycles. The van der Waals surface area contributed by atoms with E-state index in [0.29, 0.717) is 6.42 Å². The standard InChI is InChI=1S/C5H10F2N/c1-3-4(2)8-5(6)7/h4-5H,3H2,1-2H3. The van der Waals surface area contributed by atoms with Gasteiger partial charge in [0.05, 0.1) is 0 Å². The molecule has 3 heteroatoms. The molecule has 1 nitrogen and oxygen atoms in total. The fourth-order valence-electron chi connectivity index (χ4n) is 0.298. The largest absolute Gasteiger partial charge is 0.307 e. The van der Waals surface area contributed by atoms with Gasteiger partial charge in [-0.3, -0.25) is 0 Å². The molecule has 0 rings (SSSR count). The monoisotopic (exact) mass is 122 g/mol. The minimum atomic E-state index is -2.50. The van der Waals surface area contributed by atoms with Gasteiger partial charge in [-0.2, -0.15) is 14.1 Å². The van der Waals surface area contributed by atoms with Crippen molar-refractivity contribution in [2.75, 3.05) is 0 Å². The molecule has 0 aromatic carbocycles. The molecule has 8 heavy (non-hydrogen) atoms. The summed E-state index contributed by atoms with van der Waals surface area (Å²) >= 11 is 0. The van der Waals surface area contributed by atoms with Crippen LogP contribution in [0, 0.1) is 0 Å². The van der Waals surface area contributed by atoms with E-state index in [4.69, 9.17) is 0 Å². The molecule has 1 atom stereocenters. The predicted molar refractivity (Wildman–Crippen MR) is 27.9 cm³/mol. The molecular formula is C5H10F2N. The molecule has 1 radical (unpaired) electrons. The Balaban J connectivity index is 3.10. The Morgan fingerprint density at radius 2 is 2.00 bits per heavy atom. The second-order valence-electron chi connectivity index (χ2n) is 1.68. The van der Waals surface area contributed by atoms with Gasteiger partial charge in [0.1, 0.15) is 0 Å². The fourth-order valence-corrected chi connectivity index (χ4v) is 0.298. The molecular weight excluding hydrogens is 112 g/mol. The van der Waals surface area contributed by atoms with E-state index < -0.39 is 6.55 Å². The maximum absolute atomic E-state index is 11.3. The average Bonchev–Trinajstić information content (AvgIpc) is 1.65. The highest BCUT2D eigenvalue weighted by molar-refractivity contribution is 4.53. The van der Waals surface area contributed by atoms with E-state index in [-0.39, 0.29) is 6.04 Å². The van der Waals surface area contributed by atoms with Crippen LogP contribution in [0.5, 0.6) is 0 Å². The van der Waals surface area contributed by atoms with Crippen molar-refractivity contribution in [3.05, 3.63) is 0 Å². The van der Waals surface area contributed by atoms with E-state index in [1.54, 1.807) is 6.92 Å². The number of alkyl halides is 2. The summed E-state index contributed by atoms with van der Waals surface area (Å²) in [6, 6.07) is -0.199. The minimum absolute atomic E-state index is 0.199. The van der Waals surface area contributed by atoms with Crippen molar-refractivity contribution in [1.82, 2.24) is 5.32 Å². The van der Waals surface area contributed by atoms with Gasteiger partial charge in [0.2, 0.25) is 0 Å². The van der Waals surface area contributed by atoms with Gasteiger partial charge < -0.3 is 0 Å². The van der Waals surface area contributed by atoms with Crippen LogP contribution in [0.15, 0.2) is 0 Å². The number of hydrogen-bond acceptors (Lipinski definition) is 0. The molecule has 0 fully saturated rings. The van der Waals surface area contributed by atoms with Crippen LogP contribution in [0.3, 0.4) is 0 Å². The van der Waals surface area contributed by atoms with Gasteiger partial charge in [0, 0.05) is 6.04 Å². The lowest BCUT2D eigenvalue weighted by molar-refractivity contribution is 0.0896. The summed E-state index contributed by atoms with van der Waals surface area (Å²) in [4.78, 5) is 0. The van der Waals surface area contributed by atoms with Gasteiger partial charge in [-0.1, -0.05) is 6.92 Å². The third-order valence-electron chi connectivity index (χ3n) is 0.958. The highest BCUT2D eigenvalue weighted by Gasteiger charge is 2.06.